The molecule has 1 aromatic heterocycles. The molecule has 18 heavy (non-hydrogen) atoms. The molecule has 2 N–H and O–H groups in total. The Labute approximate surface area is 114 Å². The molecule has 0 amide bonds. The van der Waals surface area contributed by atoms with E-state index < -0.39 is 0 Å². The lowest BCUT2D eigenvalue weighted by Crippen LogP contribution is -2.28. The number of fused-ring (bicyclic) bond motifs is 1. The molecule has 1 unspecified atom stereocenters. The van der Waals surface area contributed by atoms with E-state index in [1.807, 2.05) is 0 Å². The maximum absolute atomic E-state index is 6.21. The van der Waals surface area contributed by atoms with Crippen molar-refractivity contribution in [2.24, 2.45) is 5.73 Å². The van der Waals surface area contributed by atoms with Crippen molar-refractivity contribution in [3.63, 3.8) is 0 Å². The molecule has 1 saturated carbocycles. The molecule has 0 bridgehead atoms. The second-order valence-corrected chi connectivity index (χ2v) is 7.21. The van der Waals surface area contributed by atoms with Crippen molar-refractivity contribution in [1.82, 2.24) is 4.57 Å². The van der Waals surface area contributed by atoms with Gasteiger partial charge in [0.05, 0.1) is 0 Å². The van der Waals surface area contributed by atoms with E-state index in [0.29, 0.717) is 4.75 Å². The van der Waals surface area contributed by atoms with Crippen LogP contribution >= 0.6 is 11.8 Å². The topological polar surface area (TPSA) is 30.9 Å². The molecule has 0 saturated heterocycles. The Hall–Kier alpha value is -0.410. The first-order chi connectivity index (χ1) is 8.74. The molecule has 0 radical (unpaired) electrons. The van der Waals surface area contributed by atoms with Crippen LogP contribution in [0.4, 0.5) is 0 Å². The van der Waals surface area contributed by atoms with Crippen LogP contribution in [0.25, 0.3) is 0 Å². The highest BCUT2D eigenvalue weighted by molar-refractivity contribution is 8.00. The van der Waals surface area contributed by atoms with Crippen molar-refractivity contribution >= 4 is 11.8 Å². The van der Waals surface area contributed by atoms with Crippen LogP contribution in [-0.2, 0) is 13.0 Å². The first-order valence-electron chi connectivity index (χ1n) is 7.23. The molecule has 100 valence electrons. The summed E-state index contributed by atoms with van der Waals surface area (Å²) in [6.07, 6.45) is 13.8. The van der Waals surface area contributed by atoms with Gasteiger partial charge in [0, 0.05) is 29.2 Å². The van der Waals surface area contributed by atoms with Crippen LogP contribution in [0.3, 0.4) is 0 Å². The van der Waals surface area contributed by atoms with Gasteiger partial charge < -0.3 is 10.3 Å². The zero-order valence-electron chi connectivity index (χ0n) is 11.3. The van der Waals surface area contributed by atoms with Crippen molar-refractivity contribution < 1.29 is 0 Å². The molecule has 1 heterocycles. The molecule has 2 nitrogen and oxygen atoms in total. The van der Waals surface area contributed by atoms with Gasteiger partial charge in [-0.2, -0.15) is 11.8 Å². The van der Waals surface area contributed by atoms with Crippen molar-refractivity contribution in [3.8, 4) is 0 Å². The summed E-state index contributed by atoms with van der Waals surface area (Å²) in [5.74, 6) is 0. The fourth-order valence-corrected chi connectivity index (χ4v) is 4.66. The van der Waals surface area contributed by atoms with E-state index in [1.54, 1.807) is 0 Å². The molecule has 3 heteroatoms. The molecule has 3 rings (SSSR count). The van der Waals surface area contributed by atoms with Gasteiger partial charge in [-0.05, 0) is 50.0 Å². The minimum absolute atomic E-state index is 0.281. The lowest BCUT2D eigenvalue weighted by atomic mass is 9.93. The first kappa shape index (κ1) is 12.6. The van der Waals surface area contributed by atoms with Crippen LogP contribution in [0, 0.1) is 0 Å². The normalized spacial score (nSPS) is 26.2. The smallest absolute Gasteiger partial charge is 0.0369 e. The second kappa shape index (κ2) is 4.93. The van der Waals surface area contributed by atoms with Crippen LogP contribution in [0.1, 0.15) is 55.8 Å². The molecule has 0 aliphatic heterocycles. The van der Waals surface area contributed by atoms with Gasteiger partial charge in [-0.3, -0.25) is 0 Å². The maximum Gasteiger partial charge on any atom is 0.0369 e. The minimum atomic E-state index is 0.281. The number of nitrogens with two attached hydrogens (primary N) is 1. The molecule has 0 spiro atoms. The van der Waals surface area contributed by atoms with Crippen LogP contribution in [-0.4, -0.2) is 15.6 Å². The third-order valence-electron chi connectivity index (χ3n) is 4.85. The van der Waals surface area contributed by atoms with E-state index >= 15 is 0 Å². The first-order valence-corrected chi connectivity index (χ1v) is 8.45. The third kappa shape index (κ3) is 2.12. The number of hydrogen-bond acceptors (Lipinski definition) is 2. The van der Waals surface area contributed by atoms with E-state index in [2.05, 4.69) is 34.8 Å². The number of thioether (sulfide) groups is 1. The standard InChI is InChI=1S/C15H24N2S/c1-18-15(8-2-3-9-15)11-17-10-7-12-13(16)5-4-6-14(12)17/h7,10,13H,2-6,8-9,11,16H2,1H3. The van der Waals surface area contributed by atoms with Gasteiger partial charge in [-0.15, -0.1) is 0 Å². The van der Waals surface area contributed by atoms with Crippen LogP contribution in [0.15, 0.2) is 12.3 Å². The van der Waals surface area contributed by atoms with Gasteiger partial charge in [0.1, 0.15) is 0 Å². The Morgan fingerprint density at radius 1 is 1.39 bits per heavy atom. The Balaban J connectivity index is 1.85. The van der Waals surface area contributed by atoms with Crippen molar-refractivity contribution in [2.75, 3.05) is 6.26 Å². The minimum Gasteiger partial charge on any atom is -0.350 e. The van der Waals surface area contributed by atoms with Crippen molar-refractivity contribution in [3.05, 3.63) is 23.5 Å². The van der Waals surface area contributed by atoms with Crippen molar-refractivity contribution in [2.45, 2.75) is 62.3 Å². The van der Waals surface area contributed by atoms with Gasteiger partial charge in [-0.1, -0.05) is 12.8 Å². The molecule has 1 fully saturated rings. The Bertz CT molecular complexity index is 418. The molecule has 0 aromatic carbocycles. The fraction of sp³-hybridized carbons (Fsp3) is 0.733. The van der Waals surface area contributed by atoms with Gasteiger partial charge in [0.25, 0.3) is 0 Å². The summed E-state index contributed by atoms with van der Waals surface area (Å²) in [5.41, 5.74) is 9.15. The predicted molar refractivity (Wildman–Crippen MR) is 79.0 cm³/mol. The lowest BCUT2D eigenvalue weighted by molar-refractivity contribution is 0.476. The summed E-state index contributed by atoms with van der Waals surface area (Å²) in [6.45, 7) is 1.19. The average molecular weight is 264 g/mol. The quantitative estimate of drug-likeness (QED) is 0.906. The fourth-order valence-electron chi connectivity index (χ4n) is 3.70. The maximum atomic E-state index is 6.21. The summed E-state index contributed by atoms with van der Waals surface area (Å²) in [4.78, 5) is 0. The van der Waals surface area contributed by atoms with E-state index in [4.69, 9.17) is 5.73 Å². The molecule has 2 aliphatic carbocycles. The van der Waals surface area contributed by atoms with E-state index in [0.717, 1.165) is 6.42 Å². The molecule has 2 aliphatic rings. The largest absolute Gasteiger partial charge is 0.350 e. The average Bonchev–Trinajstić information content (AvgIpc) is 2.99. The predicted octanol–water partition coefficient (Wildman–Crippen LogP) is 3.50. The summed E-state index contributed by atoms with van der Waals surface area (Å²) < 4.78 is 3.00. The number of nitrogens with zero attached hydrogens (tertiary/aromatic N) is 1. The Kier molecular flexibility index (Phi) is 3.46. The van der Waals surface area contributed by atoms with Crippen LogP contribution < -0.4 is 5.73 Å². The van der Waals surface area contributed by atoms with Gasteiger partial charge in [0.2, 0.25) is 0 Å². The number of hydrogen-bond donors (Lipinski definition) is 1. The summed E-state index contributed by atoms with van der Waals surface area (Å²) >= 11 is 2.08. The number of rotatable bonds is 3. The van der Waals surface area contributed by atoms with Gasteiger partial charge in [0.15, 0.2) is 0 Å². The van der Waals surface area contributed by atoms with Gasteiger partial charge in [-0.25, -0.2) is 0 Å². The molecule has 1 atom stereocenters. The molecular formula is C15H24N2S. The lowest BCUT2D eigenvalue weighted by Gasteiger charge is -2.29. The highest BCUT2D eigenvalue weighted by Crippen LogP contribution is 2.42. The Morgan fingerprint density at radius 3 is 2.89 bits per heavy atom. The highest BCUT2D eigenvalue weighted by atomic mass is 32.2. The zero-order chi connectivity index (χ0) is 12.6. The zero-order valence-corrected chi connectivity index (χ0v) is 12.1. The van der Waals surface area contributed by atoms with Crippen molar-refractivity contribution in [1.29, 1.82) is 0 Å². The SMILES string of the molecule is CSC1(Cn2ccc3c2CCCC3N)CCCC1. The summed E-state index contributed by atoms with van der Waals surface area (Å²) in [5, 5.41) is 0. The third-order valence-corrected chi connectivity index (χ3v) is 6.25. The van der Waals surface area contributed by atoms with Crippen LogP contribution in [0.5, 0.6) is 0 Å². The summed E-state index contributed by atoms with van der Waals surface area (Å²) in [6, 6.07) is 2.55. The Morgan fingerprint density at radius 2 is 2.17 bits per heavy atom. The van der Waals surface area contributed by atoms with E-state index in [9.17, 15) is 0 Å². The monoisotopic (exact) mass is 264 g/mol. The second-order valence-electron chi connectivity index (χ2n) is 5.94. The van der Waals surface area contributed by atoms with Crippen LogP contribution in [0.2, 0.25) is 0 Å². The summed E-state index contributed by atoms with van der Waals surface area (Å²) in [7, 11) is 0. The van der Waals surface area contributed by atoms with E-state index in [-0.39, 0.29) is 6.04 Å². The van der Waals surface area contributed by atoms with E-state index in [1.165, 1.54) is 56.3 Å². The molecular weight excluding hydrogens is 240 g/mol. The molecule has 1 aromatic rings. The number of aromatic nitrogens is 1. The highest BCUT2D eigenvalue weighted by Gasteiger charge is 2.34. The van der Waals surface area contributed by atoms with Gasteiger partial charge >= 0.3 is 0 Å².